The topological polar surface area (TPSA) is 58.0 Å². The minimum absolute atomic E-state index is 0.285. The van der Waals surface area contributed by atoms with Crippen LogP contribution in [0.5, 0.6) is 0 Å². The summed E-state index contributed by atoms with van der Waals surface area (Å²) in [5.41, 5.74) is 0. The predicted octanol–water partition coefficient (Wildman–Crippen LogP) is 1.05. The number of rotatable bonds is 6. The van der Waals surface area contributed by atoms with Gasteiger partial charge in [-0.05, 0) is 25.3 Å². The van der Waals surface area contributed by atoms with Crippen LogP contribution in [-0.2, 0) is 0 Å². The predicted molar refractivity (Wildman–Crippen MR) is 51.5 cm³/mol. The summed E-state index contributed by atoms with van der Waals surface area (Å²) in [7, 11) is 0. The molecule has 0 aliphatic heterocycles. The third-order valence-corrected chi connectivity index (χ3v) is 1.72. The van der Waals surface area contributed by atoms with Crippen molar-refractivity contribution in [3.8, 4) is 0 Å². The molecule has 0 amide bonds. The molecular weight excluding hydrogens is 166 g/mol. The van der Waals surface area contributed by atoms with Crippen molar-refractivity contribution in [1.82, 2.24) is 9.97 Å². The lowest BCUT2D eigenvalue weighted by atomic mass is 10.2. The molecule has 0 fully saturated rings. The first-order chi connectivity index (χ1) is 6.43. The number of hydrogen-bond donors (Lipinski definition) is 2. The zero-order valence-electron chi connectivity index (χ0n) is 7.61. The van der Waals surface area contributed by atoms with E-state index in [0.29, 0.717) is 0 Å². The van der Waals surface area contributed by atoms with E-state index < -0.39 is 0 Å². The Bertz CT molecular complexity index is 215. The van der Waals surface area contributed by atoms with Crippen LogP contribution in [0, 0.1) is 0 Å². The highest BCUT2D eigenvalue weighted by molar-refractivity contribution is 5.30. The highest BCUT2D eigenvalue weighted by Gasteiger charge is 1.90. The molecule has 1 aromatic rings. The van der Waals surface area contributed by atoms with Gasteiger partial charge in [-0.2, -0.15) is 0 Å². The third-order valence-electron chi connectivity index (χ3n) is 1.72. The summed E-state index contributed by atoms with van der Waals surface area (Å²) in [6.07, 6.45) is 6.23. The Labute approximate surface area is 78.0 Å². The Morgan fingerprint density at radius 1 is 1.31 bits per heavy atom. The van der Waals surface area contributed by atoms with Crippen molar-refractivity contribution in [2.75, 3.05) is 18.5 Å². The average Bonchev–Trinajstić information content (AvgIpc) is 2.19. The quantitative estimate of drug-likeness (QED) is 0.644. The lowest BCUT2D eigenvalue weighted by Gasteiger charge is -2.03. The van der Waals surface area contributed by atoms with Crippen LogP contribution in [0.1, 0.15) is 19.3 Å². The first kappa shape index (κ1) is 9.92. The molecule has 0 saturated carbocycles. The SMILES string of the molecule is OCCCCCNc1ccncn1. The number of nitrogens with zero attached hydrogens (tertiary/aromatic N) is 2. The molecule has 4 nitrogen and oxygen atoms in total. The van der Waals surface area contributed by atoms with Gasteiger partial charge in [-0.1, -0.05) is 0 Å². The summed E-state index contributed by atoms with van der Waals surface area (Å²) in [4.78, 5) is 7.84. The molecule has 0 aliphatic rings. The molecule has 1 heterocycles. The van der Waals surface area contributed by atoms with Crippen LogP contribution in [-0.4, -0.2) is 28.2 Å². The van der Waals surface area contributed by atoms with Gasteiger partial charge in [0, 0.05) is 19.3 Å². The van der Waals surface area contributed by atoms with Crippen molar-refractivity contribution in [2.24, 2.45) is 0 Å². The molecule has 13 heavy (non-hydrogen) atoms. The van der Waals surface area contributed by atoms with E-state index >= 15 is 0 Å². The number of aromatic nitrogens is 2. The van der Waals surface area contributed by atoms with Gasteiger partial charge in [-0.3, -0.25) is 0 Å². The minimum atomic E-state index is 0.285. The first-order valence-electron chi connectivity index (χ1n) is 4.54. The fraction of sp³-hybridized carbons (Fsp3) is 0.556. The van der Waals surface area contributed by atoms with Crippen LogP contribution in [0.3, 0.4) is 0 Å². The number of anilines is 1. The molecule has 0 aromatic carbocycles. The zero-order valence-corrected chi connectivity index (χ0v) is 7.61. The van der Waals surface area contributed by atoms with E-state index in [1.165, 1.54) is 6.33 Å². The molecule has 72 valence electrons. The van der Waals surface area contributed by atoms with Gasteiger partial charge in [-0.25, -0.2) is 9.97 Å². The van der Waals surface area contributed by atoms with Gasteiger partial charge in [-0.15, -0.1) is 0 Å². The maximum Gasteiger partial charge on any atom is 0.129 e. The fourth-order valence-corrected chi connectivity index (χ4v) is 1.03. The zero-order chi connectivity index (χ0) is 9.36. The van der Waals surface area contributed by atoms with Crippen LogP contribution in [0.25, 0.3) is 0 Å². The highest BCUT2D eigenvalue weighted by Crippen LogP contribution is 1.99. The number of aliphatic hydroxyl groups excluding tert-OH is 1. The highest BCUT2D eigenvalue weighted by atomic mass is 16.2. The normalized spacial score (nSPS) is 9.92. The molecule has 0 spiro atoms. The molecule has 4 heteroatoms. The average molecular weight is 181 g/mol. The van der Waals surface area contributed by atoms with Gasteiger partial charge < -0.3 is 10.4 Å². The Morgan fingerprint density at radius 3 is 2.92 bits per heavy atom. The summed E-state index contributed by atoms with van der Waals surface area (Å²) in [5.74, 6) is 0.860. The van der Waals surface area contributed by atoms with E-state index in [2.05, 4.69) is 15.3 Å². The summed E-state index contributed by atoms with van der Waals surface area (Å²) in [6, 6.07) is 1.84. The lowest BCUT2D eigenvalue weighted by molar-refractivity contribution is 0.283. The van der Waals surface area contributed by atoms with Crippen LogP contribution in [0.4, 0.5) is 5.82 Å². The number of aliphatic hydroxyl groups is 1. The van der Waals surface area contributed by atoms with E-state index in [1.54, 1.807) is 6.20 Å². The van der Waals surface area contributed by atoms with Gasteiger partial charge in [0.25, 0.3) is 0 Å². The van der Waals surface area contributed by atoms with E-state index in [-0.39, 0.29) is 6.61 Å². The fourth-order valence-electron chi connectivity index (χ4n) is 1.03. The van der Waals surface area contributed by atoms with Crippen molar-refractivity contribution in [1.29, 1.82) is 0 Å². The number of hydrogen-bond acceptors (Lipinski definition) is 4. The largest absolute Gasteiger partial charge is 0.396 e. The second kappa shape index (κ2) is 6.37. The van der Waals surface area contributed by atoms with Crippen LogP contribution in [0.2, 0.25) is 0 Å². The molecule has 0 bridgehead atoms. The molecule has 0 saturated heterocycles. The van der Waals surface area contributed by atoms with Crippen LogP contribution < -0.4 is 5.32 Å². The van der Waals surface area contributed by atoms with Crippen LogP contribution in [0.15, 0.2) is 18.6 Å². The second-order valence-electron chi connectivity index (χ2n) is 2.81. The molecule has 1 rings (SSSR count). The molecule has 0 radical (unpaired) electrons. The Hall–Kier alpha value is -1.16. The molecule has 0 atom stereocenters. The molecular formula is C9H15N3O. The van der Waals surface area contributed by atoms with Gasteiger partial charge in [0.05, 0.1) is 0 Å². The van der Waals surface area contributed by atoms with Crippen molar-refractivity contribution in [3.05, 3.63) is 18.6 Å². The van der Waals surface area contributed by atoms with Crippen molar-refractivity contribution in [3.63, 3.8) is 0 Å². The summed E-state index contributed by atoms with van der Waals surface area (Å²) < 4.78 is 0. The monoisotopic (exact) mass is 181 g/mol. The van der Waals surface area contributed by atoms with E-state index in [0.717, 1.165) is 31.6 Å². The van der Waals surface area contributed by atoms with Crippen molar-refractivity contribution in [2.45, 2.75) is 19.3 Å². The van der Waals surface area contributed by atoms with E-state index in [4.69, 9.17) is 5.11 Å². The van der Waals surface area contributed by atoms with Crippen molar-refractivity contribution < 1.29 is 5.11 Å². The van der Waals surface area contributed by atoms with Gasteiger partial charge >= 0.3 is 0 Å². The summed E-state index contributed by atoms with van der Waals surface area (Å²) >= 11 is 0. The molecule has 0 aliphatic carbocycles. The van der Waals surface area contributed by atoms with Gasteiger partial charge in [0.1, 0.15) is 12.1 Å². The molecule has 0 unspecified atom stereocenters. The third kappa shape index (κ3) is 4.42. The second-order valence-corrected chi connectivity index (χ2v) is 2.81. The molecule has 1 aromatic heterocycles. The Morgan fingerprint density at radius 2 is 2.23 bits per heavy atom. The number of nitrogens with one attached hydrogen (secondary N) is 1. The van der Waals surface area contributed by atoms with Gasteiger partial charge in [0.2, 0.25) is 0 Å². The van der Waals surface area contributed by atoms with E-state index in [1.807, 2.05) is 6.07 Å². The Balaban J connectivity index is 2.07. The Kier molecular flexibility index (Phi) is 4.86. The minimum Gasteiger partial charge on any atom is -0.396 e. The first-order valence-corrected chi connectivity index (χ1v) is 4.54. The van der Waals surface area contributed by atoms with E-state index in [9.17, 15) is 0 Å². The maximum atomic E-state index is 8.54. The maximum absolute atomic E-state index is 8.54. The summed E-state index contributed by atoms with van der Waals surface area (Å²) in [5, 5.41) is 11.7. The number of unbranched alkanes of at least 4 members (excludes halogenated alkanes) is 2. The van der Waals surface area contributed by atoms with Crippen molar-refractivity contribution >= 4 is 5.82 Å². The standard InChI is InChI=1S/C9H15N3O/c13-7-3-1-2-5-11-9-4-6-10-8-12-9/h4,6,8,13H,1-3,5,7H2,(H,10,11,12). The molecule has 2 N–H and O–H groups in total. The lowest BCUT2D eigenvalue weighted by Crippen LogP contribution is -2.03. The smallest absolute Gasteiger partial charge is 0.129 e. The van der Waals surface area contributed by atoms with Crippen LogP contribution >= 0.6 is 0 Å². The summed E-state index contributed by atoms with van der Waals surface area (Å²) in [6.45, 7) is 1.19. The van der Waals surface area contributed by atoms with Gasteiger partial charge in [0.15, 0.2) is 0 Å².